The maximum Gasteiger partial charge on any atom is 0.573 e. The van der Waals surface area contributed by atoms with Crippen LogP contribution in [0.4, 0.5) is 13.2 Å². The van der Waals surface area contributed by atoms with Gasteiger partial charge in [0.05, 0.1) is 0 Å². The highest BCUT2D eigenvalue weighted by atomic mass is 79.9. The van der Waals surface area contributed by atoms with Gasteiger partial charge in [0.2, 0.25) is 0 Å². The number of carbonyl (C=O) groups excluding carboxylic acids is 1. The monoisotopic (exact) mass is 338 g/mol. The standard InChI is InChI=1S/C13H14BrF3O2/c14-9-3-1-2-4-12(18)10-5-7-11(8-6-10)19-13(15,16)17/h5-8H,1-4,9H2. The maximum absolute atomic E-state index is 11.9. The van der Waals surface area contributed by atoms with E-state index < -0.39 is 6.36 Å². The average molecular weight is 339 g/mol. The zero-order valence-electron chi connectivity index (χ0n) is 10.2. The van der Waals surface area contributed by atoms with Crippen LogP contribution >= 0.6 is 15.9 Å². The molecule has 0 fully saturated rings. The van der Waals surface area contributed by atoms with E-state index in [1.807, 2.05) is 0 Å². The molecule has 0 saturated carbocycles. The van der Waals surface area contributed by atoms with Crippen molar-refractivity contribution in [3.63, 3.8) is 0 Å². The highest BCUT2D eigenvalue weighted by Crippen LogP contribution is 2.23. The second-order valence-corrected chi connectivity index (χ2v) is 4.79. The predicted molar refractivity (Wildman–Crippen MR) is 69.7 cm³/mol. The first-order chi connectivity index (χ1) is 8.92. The number of ketones is 1. The Kier molecular flexibility index (Phi) is 6.34. The van der Waals surface area contributed by atoms with Crippen molar-refractivity contribution >= 4 is 21.7 Å². The summed E-state index contributed by atoms with van der Waals surface area (Å²) in [6.07, 6.45) is -1.56. The number of halogens is 4. The Hall–Kier alpha value is -1.04. The van der Waals surface area contributed by atoms with Gasteiger partial charge in [0.15, 0.2) is 5.78 Å². The molecule has 0 spiro atoms. The molecule has 0 radical (unpaired) electrons. The summed E-state index contributed by atoms with van der Waals surface area (Å²) in [4.78, 5) is 11.7. The van der Waals surface area contributed by atoms with Crippen LogP contribution < -0.4 is 4.74 Å². The van der Waals surface area contributed by atoms with Crippen molar-refractivity contribution < 1.29 is 22.7 Å². The van der Waals surface area contributed by atoms with E-state index in [1.54, 1.807) is 0 Å². The highest BCUT2D eigenvalue weighted by Gasteiger charge is 2.30. The van der Waals surface area contributed by atoms with E-state index in [0.717, 1.165) is 36.7 Å². The molecule has 0 aliphatic carbocycles. The van der Waals surface area contributed by atoms with Gasteiger partial charge in [0.25, 0.3) is 0 Å². The van der Waals surface area contributed by atoms with E-state index in [2.05, 4.69) is 20.7 Å². The molecule has 106 valence electrons. The van der Waals surface area contributed by atoms with Gasteiger partial charge in [-0.05, 0) is 37.1 Å². The fraction of sp³-hybridized carbons (Fsp3) is 0.462. The van der Waals surface area contributed by atoms with E-state index >= 15 is 0 Å². The topological polar surface area (TPSA) is 26.3 Å². The number of hydrogen-bond acceptors (Lipinski definition) is 2. The first-order valence-corrected chi connectivity index (χ1v) is 6.99. The fourth-order valence-corrected chi connectivity index (χ4v) is 1.94. The van der Waals surface area contributed by atoms with Gasteiger partial charge in [0.1, 0.15) is 5.75 Å². The Morgan fingerprint density at radius 2 is 1.74 bits per heavy atom. The molecule has 0 aliphatic rings. The van der Waals surface area contributed by atoms with Crippen LogP contribution in [0.25, 0.3) is 0 Å². The molecule has 0 N–H and O–H groups in total. The maximum atomic E-state index is 11.9. The van der Waals surface area contributed by atoms with Crippen molar-refractivity contribution in [2.45, 2.75) is 32.0 Å². The molecule has 0 aromatic heterocycles. The zero-order chi connectivity index (χ0) is 14.3. The number of benzene rings is 1. The summed E-state index contributed by atoms with van der Waals surface area (Å²) < 4.78 is 39.6. The minimum atomic E-state index is -4.71. The predicted octanol–water partition coefficient (Wildman–Crippen LogP) is 4.72. The summed E-state index contributed by atoms with van der Waals surface area (Å²) in [5.41, 5.74) is 0.411. The Morgan fingerprint density at radius 1 is 1.11 bits per heavy atom. The lowest BCUT2D eigenvalue weighted by Crippen LogP contribution is -2.17. The van der Waals surface area contributed by atoms with Crippen molar-refractivity contribution in [3.05, 3.63) is 29.8 Å². The first kappa shape index (κ1) is 16.0. The normalized spacial score (nSPS) is 11.4. The molecule has 1 aromatic rings. The molecule has 0 atom stereocenters. The number of carbonyl (C=O) groups is 1. The molecule has 0 aliphatic heterocycles. The summed E-state index contributed by atoms with van der Waals surface area (Å²) >= 11 is 3.30. The molecule has 1 aromatic carbocycles. The quantitative estimate of drug-likeness (QED) is 0.408. The van der Waals surface area contributed by atoms with Crippen molar-refractivity contribution in [2.24, 2.45) is 0 Å². The molecule has 0 amide bonds. The Balaban J connectivity index is 2.49. The molecule has 19 heavy (non-hydrogen) atoms. The molecule has 0 bridgehead atoms. The summed E-state index contributed by atoms with van der Waals surface area (Å²) in [6, 6.07) is 5.01. The van der Waals surface area contributed by atoms with Gasteiger partial charge < -0.3 is 4.74 Å². The van der Waals surface area contributed by atoms with Crippen molar-refractivity contribution in [1.82, 2.24) is 0 Å². The minimum Gasteiger partial charge on any atom is -0.406 e. The summed E-state index contributed by atoms with van der Waals surface area (Å²) in [6.45, 7) is 0. The summed E-state index contributed by atoms with van der Waals surface area (Å²) in [7, 11) is 0. The molecule has 0 unspecified atom stereocenters. The van der Waals surface area contributed by atoms with Gasteiger partial charge in [-0.25, -0.2) is 0 Å². The second kappa shape index (κ2) is 7.53. The molecule has 0 heterocycles. The van der Waals surface area contributed by atoms with E-state index in [0.29, 0.717) is 12.0 Å². The number of alkyl halides is 4. The number of rotatable bonds is 7. The molecular weight excluding hydrogens is 325 g/mol. The zero-order valence-corrected chi connectivity index (χ0v) is 11.8. The second-order valence-electron chi connectivity index (χ2n) is 3.99. The minimum absolute atomic E-state index is 0.0619. The van der Waals surface area contributed by atoms with Gasteiger partial charge in [-0.1, -0.05) is 22.4 Å². The lowest BCUT2D eigenvalue weighted by Gasteiger charge is -2.09. The van der Waals surface area contributed by atoms with Gasteiger partial charge in [-0.2, -0.15) is 0 Å². The van der Waals surface area contributed by atoms with Crippen LogP contribution in [0.3, 0.4) is 0 Å². The van der Waals surface area contributed by atoms with Crippen molar-refractivity contribution in [1.29, 1.82) is 0 Å². The fourth-order valence-electron chi connectivity index (χ4n) is 1.54. The smallest absolute Gasteiger partial charge is 0.406 e. The third-order valence-electron chi connectivity index (χ3n) is 2.45. The SMILES string of the molecule is O=C(CCCCCBr)c1ccc(OC(F)(F)F)cc1. The number of unbranched alkanes of at least 4 members (excludes halogenated alkanes) is 2. The van der Waals surface area contributed by atoms with E-state index in [4.69, 9.17) is 0 Å². The van der Waals surface area contributed by atoms with Crippen molar-refractivity contribution in [2.75, 3.05) is 5.33 Å². The van der Waals surface area contributed by atoms with Crippen LogP contribution in [-0.4, -0.2) is 17.5 Å². The number of hydrogen-bond donors (Lipinski definition) is 0. The van der Waals surface area contributed by atoms with Crippen LogP contribution in [0.5, 0.6) is 5.75 Å². The van der Waals surface area contributed by atoms with Crippen LogP contribution in [0.15, 0.2) is 24.3 Å². The Morgan fingerprint density at radius 3 is 2.26 bits per heavy atom. The largest absolute Gasteiger partial charge is 0.573 e. The molecule has 0 saturated heterocycles. The van der Waals surface area contributed by atoms with Gasteiger partial charge in [0, 0.05) is 17.3 Å². The van der Waals surface area contributed by atoms with Gasteiger partial charge in [-0.15, -0.1) is 13.2 Å². The van der Waals surface area contributed by atoms with Crippen LogP contribution in [-0.2, 0) is 0 Å². The third kappa shape index (κ3) is 6.61. The highest BCUT2D eigenvalue weighted by molar-refractivity contribution is 9.09. The number of Topliss-reactive ketones (excluding diaryl/α,β-unsaturated/α-hetero) is 1. The number of ether oxygens (including phenoxy) is 1. The van der Waals surface area contributed by atoms with Crippen molar-refractivity contribution in [3.8, 4) is 5.75 Å². The molecule has 6 heteroatoms. The molecule has 2 nitrogen and oxygen atoms in total. The average Bonchev–Trinajstić information content (AvgIpc) is 2.33. The Labute approximate surface area is 118 Å². The van der Waals surface area contributed by atoms with Gasteiger partial charge in [-0.3, -0.25) is 4.79 Å². The summed E-state index contributed by atoms with van der Waals surface area (Å²) in [5.74, 6) is -0.378. The van der Waals surface area contributed by atoms with Crippen LogP contribution in [0, 0.1) is 0 Å². The first-order valence-electron chi connectivity index (χ1n) is 5.87. The summed E-state index contributed by atoms with van der Waals surface area (Å²) in [5, 5.41) is 0.907. The van der Waals surface area contributed by atoms with Crippen LogP contribution in [0.2, 0.25) is 0 Å². The third-order valence-corrected chi connectivity index (χ3v) is 3.01. The van der Waals surface area contributed by atoms with E-state index in [-0.39, 0.29) is 11.5 Å². The molecular formula is C13H14BrF3O2. The van der Waals surface area contributed by atoms with Gasteiger partial charge >= 0.3 is 6.36 Å². The lowest BCUT2D eigenvalue weighted by molar-refractivity contribution is -0.274. The lowest BCUT2D eigenvalue weighted by atomic mass is 10.0. The Bertz CT molecular complexity index is 401. The van der Waals surface area contributed by atoms with E-state index in [9.17, 15) is 18.0 Å². The van der Waals surface area contributed by atoms with Crippen LogP contribution in [0.1, 0.15) is 36.0 Å². The molecule has 1 rings (SSSR count). The van der Waals surface area contributed by atoms with E-state index in [1.165, 1.54) is 12.1 Å².